The standard InChI is InChI=1S/C22H12O2/c23-21-17-8-4-5-9-18(17)22(24)20-14-16(12-13-19(20)21)11-10-15-6-2-1-3-7-15/h1-9,12-14H. The van der Waals surface area contributed by atoms with Gasteiger partial charge in [0.25, 0.3) is 0 Å². The fourth-order valence-electron chi connectivity index (χ4n) is 2.84. The van der Waals surface area contributed by atoms with E-state index >= 15 is 0 Å². The molecule has 0 bridgehead atoms. The van der Waals surface area contributed by atoms with Gasteiger partial charge in [0.15, 0.2) is 11.6 Å². The normalized spacial score (nSPS) is 12.0. The van der Waals surface area contributed by atoms with Gasteiger partial charge in [-0.3, -0.25) is 9.59 Å². The summed E-state index contributed by atoms with van der Waals surface area (Å²) in [6.45, 7) is 0. The molecule has 0 saturated carbocycles. The molecule has 0 spiro atoms. The minimum Gasteiger partial charge on any atom is -0.289 e. The van der Waals surface area contributed by atoms with Crippen molar-refractivity contribution in [2.75, 3.05) is 0 Å². The van der Waals surface area contributed by atoms with E-state index < -0.39 is 0 Å². The average molecular weight is 308 g/mol. The van der Waals surface area contributed by atoms with E-state index in [2.05, 4.69) is 11.8 Å². The molecular formula is C22H12O2. The third-order valence-electron chi connectivity index (χ3n) is 4.05. The van der Waals surface area contributed by atoms with Gasteiger partial charge in [0.05, 0.1) is 0 Å². The highest BCUT2D eigenvalue weighted by Crippen LogP contribution is 2.27. The molecule has 2 heteroatoms. The molecule has 2 nitrogen and oxygen atoms in total. The quantitative estimate of drug-likeness (QED) is 0.462. The number of fused-ring (bicyclic) bond motifs is 2. The first-order valence-electron chi connectivity index (χ1n) is 7.63. The van der Waals surface area contributed by atoms with Crippen molar-refractivity contribution in [1.29, 1.82) is 0 Å². The lowest BCUT2D eigenvalue weighted by Gasteiger charge is -2.17. The van der Waals surface area contributed by atoms with Crippen molar-refractivity contribution in [3.63, 3.8) is 0 Å². The van der Waals surface area contributed by atoms with Gasteiger partial charge in [-0.2, -0.15) is 0 Å². The number of ketones is 2. The number of carbonyl (C=O) groups excluding carboxylic acids is 2. The Kier molecular flexibility index (Phi) is 3.33. The second-order valence-corrected chi connectivity index (χ2v) is 5.58. The van der Waals surface area contributed by atoms with Gasteiger partial charge in [-0.15, -0.1) is 0 Å². The van der Waals surface area contributed by atoms with Crippen LogP contribution in [-0.4, -0.2) is 11.6 Å². The number of benzene rings is 3. The Morgan fingerprint density at radius 1 is 0.500 bits per heavy atom. The second kappa shape index (κ2) is 5.64. The van der Waals surface area contributed by atoms with Crippen LogP contribution in [0.4, 0.5) is 0 Å². The summed E-state index contributed by atoms with van der Waals surface area (Å²) in [4.78, 5) is 25.2. The second-order valence-electron chi connectivity index (χ2n) is 5.58. The lowest BCUT2D eigenvalue weighted by atomic mass is 9.83. The number of hydrogen-bond donors (Lipinski definition) is 0. The molecule has 0 atom stereocenters. The maximum atomic E-state index is 12.7. The maximum absolute atomic E-state index is 12.7. The van der Waals surface area contributed by atoms with E-state index in [1.54, 1.807) is 42.5 Å². The Balaban J connectivity index is 1.78. The smallest absolute Gasteiger partial charge is 0.194 e. The van der Waals surface area contributed by atoms with Crippen LogP contribution >= 0.6 is 0 Å². The molecule has 0 unspecified atom stereocenters. The van der Waals surface area contributed by atoms with Crippen LogP contribution in [0.25, 0.3) is 0 Å². The van der Waals surface area contributed by atoms with E-state index in [4.69, 9.17) is 0 Å². The molecule has 1 aliphatic carbocycles. The molecule has 0 aromatic heterocycles. The summed E-state index contributed by atoms with van der Waals surface area (Å²) >= 11 is 0. The number of rotatable bonds is 0. The fraction of sp³-hybridized carbons (Fsp3) is 0. The first-order chi connectivity index (χ1) is 11.7. The first kappa shape index (κ1) is 14.2. The topological polar surface area (TPSA) is 34.1 Å². The van der Waals surface area contributed by atoms with Gasteiger partial charge in [0.2, 0.25) is 0 Å². The van der Waals surface area contributed by atoms with E-state index in [0.29, 0.717) is 22.3 Å². The third-order valence-corrected chi connectivity index (χ3v) is 4.05. The molecule has 0 amide bonds. The van der Waals surface area contributed by atoms with Crippen LogP contribution in [0.5, 0.6) is 0 Å². The molecule has 0 heterocycles. The lowest BCUT2D eigenvalue weighted by Crippen LogP contribution is -2.20. The Hall–Kier alpha value is -3.44. The molecule has 112 valence electrons. The van der Waals surface area contributed by atoms with Gasteiger partial charge < -0.3 is 0 Å². The van der Waals surface area contributed by atoms with E-state index in [0.717, 1.165) is 11.1 Å². The summed E-state index contributed by atoms with van der Waals surface area (Å²) < 4.78 is 0. The Labute approximate surface area is 139 Å². The lowest BCUT2D eigenvalue weighted by molar-refractivity contribution is 0.0979. The van der Waals surface area contributed by atoms with Crippen molar-refractivity contribution in [2.24, 2.45) is 0 Å². The van der Waals surface area contributed by atoms with Gasteiger partial charge in [-0.05, 0) is 30.3 Å². The highest BCUT2D eigenvalue weighted by molar-refractivity contribution is 6.28. The highest BCUT2D eigenvalue weighted by Gasteiger charge is 2.29. The van der Waals surface area contributed by atoms with E-state index in [9.17, 15) is 9.59 Å². The summed E-state index contributed by atoms with van der Waals surface area (Å²) in [5, 5.41) is 0. The first-order valence-corrected chi connectivity index (χ1v) is 7.63. The van der Waals surface area contributed by atoms with Crippen LogP contribution in [-0.2, 0) is 0 Å². The molecule has 24 heavy (non-hydrogen) atoms. The van der Waals surface area contributed by atoms with Gasteiger partial charge in [0.1, 0.15) is 0 Å². The molecule has 3 aromatic rings. The highest BCUT2D eigenvalue weighted by atomic mass is 16.1. The monoisotopic (exact) mass is 308 g/mol. The molecule has 0 N–H and O–H groups in total. The molecule has 0 saturated heterocycles. The zero-order valence-corrected chi connectivity index (χ0v) is 12.7. The summed E-state index contributed by atoms with van der Waals surface area (Å²) in [5.41, 5.74) is 3.44. The number of hydrogen-bond acceptors (Lipinski definition) is 2. The van der Waals surface area contributed by atoms with Crippen LogP contribution in [0.15, 0.2) is 72.8 Å². The predicted octanol–water partition coefficient (Wildman–Crippen LogP) is 3.86. The molecule has 0 radical (unpaired) electrons. The SMILES string of the molecule is O=C1c2ccccc2C(=O)c2cc(C#Cc3ccccc3)ccc21. The molecular weight excluding hydrogens is 296 g/mol. The van der Waals surface area contributed by atoms with Crippen molar-refractivity contribution >= 4 is 11.6 Å². The Bertz CT molecular complexity index is 1030. The molecule has 0 aliphatic heterocycles. The predicted molar refractivity (Wildman–Crippen MR) is 92.2 cm³/mol. The van der Waals surface area contributed by atoms with Gasteiger partial charge >= 0.3 is 0 Å². The zero-order chi connectivity index (χ0) is 16.5. The van der Waals surface area contributed by atoms with Crippen molar-refractivity contribution in [3.05, 3.63) is 106 Å². The van der Waals surface area contributed by atoms with Crippen LogP contribution < -0.4 is 0 Å². The van der Waals surface area contributed by atoms with Crippen molar-refractivity contribution in [1.82, 2.24) is 0 Å². The van der Waals surface area contributed by atoms with E-state index in [1.807, 2.05) is 30.3 Å². The minimum absolute atomic E-state index is 0.109. The van der Waals surface area contributed by atoms with Crippen LogP contribution in [0.3, 0.4) is 0 Å². The van der Waals surface area contributed by atoms with Crippen LogP contribution in [0, 0.1) is 11.8 Å². The molecule has 1 aliphatic rings. The summed E-state index contributed by atoms with van der Waals surface area (Å²) in [5.74, 6) is 5.89. The molecule has 3 aromatic carbocycles. The maximum Gasteiger partial charge on any atom is 0.194 e. The molecule has 4 rings (SSSR count). The summed E-state index contributed by atoms with van der Waals surface area (Å²) in [6.07, 6.45) is 0. The summed E-state index contributed by atoms with van der Waals surface area (Å²) in [6, 6.07) is 21.8. The van der Waals surface area contributed by atoms with E-state index in [1.165, 1.54) is 0 Å². The van der Waals surface area contributed by atoms with Crippen molar-refractivity contribution < 1.29 is 9.59 Å². The van der Waals surface area contributed by atoms with Gasteiger partial charge in [-0.25, -0.2) is 0 Å². The Morgan fingerprint density at radius 2 is 1.04 bits per heavy atom. The molecule has 0 fully saturated rings. The minimum atomic E-state index is -0.122. The average Bonchev–Trinajstić information content (AvgIpc) is 2.65. The van der Waals surface area contributed by atoms with Crippen molar-refractivity contribution in [3.8, 4) is 11.8 Å². The zero-order valence-electron chi connectivity index (χ0n) is 12.7. The van der Waals surface area contributed by atoms with E-state index in [-0.39, 0.29) is 11.6 Å². The summed E-state index contributed by atoms with van der Waals surface area (Å²) in [7, 11) is 0. The Morgan fingerprint density at radius 3 is 1.75 bits per heavy atom. The van der Waals surface area contributed by atoms with Gasteiger partial charge in [0, 0.05) is 33.4 Å². The van der Waals surface area contributed by atoms with Crippen LogP contribution in [0.1, 0.15) is 43.0 Å². The number of carbonyl (C=O) groups is 2. The van der Waals surface area contributed by atoms with Crippen LogP contribution in [0.2, 0.25) is 0 Å². The van der Waals surface area contributed by atoms with Crippen molar-refractivity contribution in [2.45, 2.75) is 0 Å². The third kappa shape index (κ3) is 2.33. The van der Waals surface area contributed by atoms with Gasteiger partial charge in [-0.1, -0.05) is 54.3 Å². The largest absolute Gasteiger partial charge is 0.289 e. The fourth-order valence-corrected chi connectivity index (χ4v) is 2.84.